The first-order valence-corrected chi connectivity index (χ1v) is 10.8. The van der Waals surface area contributed by atoms with Gasteiger partial charge in [-0.25, -0.2) is 0 Å². The fraction of sp³-hybridized carbons (Fsp3) is 0.304. The third-order valence-corrected chi connectivity index (χ3v) is 6.88. The molecular formula is C23H24N4OS. The van der Waals surface area contributed by atoms with E-state index in [1.807, 2.05) is 42.2 Å². The van der Waals surface area contributed by atoms with Crippen molar-refractivity contribution in [1.82, 2.24) is 14.5 Å². The van der Waals surface area contributed by atoms with E-state index in [4.69, 9.17) is 4.99 Å². The van der Waals surface area contributed by atoms with Crippen molar-refractivity contribution >= 4 is 16.9 Å². The second-order valence-corrected chi connectivity index (χ2v) is 9.22. The van der Waals surface area contributed by atoms with Crippen molar-refractivity contribution in [3.05, 3.63) is 77.4 Å². The van der Waals surface area contributed by atoms with Crippen LogP contribution in [0.3, 0.4) is 0 Å². The summed E-state index contributed by atoms with van der Waals surface area (Å²) in [7, 11) is 0. The van der Waals surface area contributed by atoms with Gasteiger partial charge in [0.1, 0.15) is 11.8 Å². The van der Waals surface area contributed by atoms with E-state index in [0.717, 1.165) is 23.1 Å². The van der Waals surface area contributed by atoms with Gasteiger partial charge in [-0.2, -0.15) is 0 Å². The zero-order valence-corrected chi connectivity index (χ0v) is 17.6. The van der Waals surface area contributed by atoms with Crippen LogP contribution < -0.4 is 0 Å². The maximum Gasteiger partial charge on any atom is 0.160 e. The molecule has 3 aromatic rings. The Morgan fingerprint density at radius 3 is 2.62 bits per heavy atom. The molecule has 5 rings (SSSR count). The van der Waals surface area contributed by atoms with E-state index in [9.17, 15) is 5.11 Å². The number of rotatable bonds is 3. The van der Waals surface area contributed by atoms with Crippen LogP contribution in [0.2, 0.25) is 0 Å². The Hall–Kier alpha value is -2.73. The topological polar surface area (TPSA) is 53.7 Å². The minimum absolute atomic E-state index is 0.0000298. The molecule has 0 saturated carbocycles. The largest absolute Gasteiger partial charge is 0.508 e. The molecule has 29 heavy (non-hydrogen) atoms. The predicted molar refractivity (Wildman–Crippen MR) is 118 cm³/mol. The number of pyridine rings is 1. The number of hydrogen-bond donors (Lipinski definition) is 1. The Balaban J connectivity index is 1.62. The van der Waals surface area contributed by atoms with Gasteiger partial charge in [0, 0.05) is 35.1 Å². The minimum Gasteiger partial charge on any atom is -0.508 e. The molecule has 148 valence electrons. The first-order chi connectivity index (χ1) is 14.0. The van der Waals surface area contributed by atoms with Crippen molar-refractivity contribution in [3.8, 4) is 11.4 Å². The Morgan fingerprint density at radius 2 is 1.90 bits per heavy atom. The first kappa shape index (κ1) is 18.3. The molecule has 0 aliphatic carbocycles. The van der Waals surface area contributed by atoms with E-state index in [1.54, 1.807) is 12.1 Å². The zero-order chi connectivity index (χ0) is 20.1. The van der Waals surface area contributed by atoms with Gasteiger partial charge in [0.15, 0.2) is 5.17 Å². The van der Waals surface area contributed by atoms with Crippen LogP contribution in [-0.4, -0.2) is 36.5 Å². The molecule has 2 aliphatic rings. The highest BCUT2D eigenvalue weighted by molar-refractivity contribution is 8.14. The number of aromatic nitrogens is 2. The fourth-order valence-corrected chi connectivity index (χ4v) is 5.63. The van der Waals surface area contributed by atoms with Gasteiger partial charge in [0.2, 0.25) is 0 Å². The SMILES string of the molecule is Cc1cc([C@@H]2[C@H](c3ccccn3)N=C3S[C@H](C)CN32)c(C)n1-c1ccc(O)cc1. The van der Waals surface area contributed by atoms with Crippen molar-refractivity contribution in [3.63, 3.8) is 0 Å². The summed E-state index contributed by atoms with van der Waals surface area (Å²) >= 11 is 1.86. The van der Waals surface area contributed by atoms with Gasteiger partial charge in [-0.3, -0.25) is 9.98 Å². The highest BCUT2D eigenvalue weighted by Gasteiger charge is 2.44. The molecule has 6 heteroatoms. The Kier molecular flexibility index (Phi) is 4.39. The van der Waals surface area contributed by atoms with Gasteiger partial charge < -0.3 is 14.6 Å². The third kappa shape index (κ3) is 3.02. The van der Waals surface area contributed by atoms with E-state index in [-0.39, 0.29) is 17.8 Å². The van der Waals surface area contributed by atoms with Crippen LogP contribution in [0.25, 0.3) is 5.69 Å². The third-order valence-electron chi connectivity index (χ3n) is 5.78. The van der Waals surface area contributed by atoms with Crippen LogP contribution in [0, 0.1) is 13.8 Å². The van der Waals surface area contributed by atoms with Gasteiger partial charge in [-0.15, -0.1) is 0 Å². The molecule has 1 N–H and O–H groups in total. The number of phenolic OH excluding ortho intramolecular Hbond substituents is 1. The number of nitrogens with zero attached hydrogens (tertiary/aromatic N) is 4. The first-order valence-electron chi connectivity index (χ1n) is 9.93. The Bertz CT molecular complexity index is 1070. The summed E-state index contributed by atoms with van der Waals surface area (Å²) in [5, 5.41) is 11.3. The number of hydrogen-bond acceptors (Lipinski definition) is 5. The van der Waals surface area contributed by atoms with Crippen molar-refractivity contribution in [2.75, 3.05) is 6.54 Å². The van der Waals surface area contributed by atoms with Gasteiger partial charge in [0.05, 0.1) is 11.7 Å². The molecule has 1 aromatic carbocycles. The van der Waals surface area contributed by atoms with Gasteiger partial charge >= 0.3 is 0 Å². The number of phenols is 1. The normalized spacial score (nSPS) is 23.3. The summed E-state index contributed by atoms with van der Waals surface area (Å²) in [5.74, 6) is 0.281. The highest BCUT2D eigenvalue weighted by atomic mass is 32.2. The smallest absolute Gasteiger partial charge is 0.160 e. The van der Waals surface area contributed by atoms with Gasteiger partial charge in [-0.05, 0) is 61.9 Å². The van der Waals surface area contributed by atoms with Crippen LogP contribution in [0.4, 0.5) is 0 Å². The molecule has 1 fully saturated rings. The Labute approximate surface area is 175 Å². The molecule has 0 amide bonds. The summed E-state index contributed by atoms with van der Waals surface area (Å²) in [6.45, 7) is 7.57. The highest BCUT2D eigenvalue weighted by Crippen LogP contribution is 2.48. The van der Waals surface area contributed by atoms with E-state index in [1.165, 1.54) is 17.0 Å². The number of fused-ring (bicyclic) bond motifs is 1. The van der Waals surface area contributed by atoms with Crippen LogP contribution in [-0.2, 0) is 0 Å². The molecule has 2 aromatic heterocycles. The zero-order valence-electron chi connectivity index (χ0n) is 16.8. The molecular weight excluding hydrogens is 380 g/mol. The number of benzene rings is 1. The number of thioether (sulfide) groups is 1. The standard InChI is InChI=1S/C23H24N4OS/c1-14-12-19(16(3)27(14)17-7-9-18(28)10-8-17)22-21(20-6-4-5-11-24-20)25-23-26(22)13-15(2)29-23/h4-12,15,21-22,28H,13H2,1-3H3/t15-,21+,22-/m1/s1. The molecule has 4 heterocycles. The second kappa shape index (κ2) is 6.95. The molecule has 3 atom stereocenters. The second-order valence-electron chi connectivity index (χ2n) is 7.82. The number of aromatic hydroxyl groups is 1. The number of aryl methyl sites for hydroxylation is 1. The van der Waals surface area contributed by atoms with E-state index >= 15 is 0 Å². The molecule has 0 spiro atoms. The maximum absolute atomic E-state index is 9.67. The summed E-state index contributed by atoms with van der Waals surface area (Å²) in [6, 6.07) is 15.9. The van der Waals surface area contributed by atoms with E-state index < -0.39 is 0 Å². The lowest BCUT2D eigenvalue weighted by Gasteiger charge is -2.27. The maximum atomic E-state index is 9.67. The number of amidine groups is 1. The average molecular weight is 405 g/mol. The molecule has 2 aliphatic heterocycles. The van der Waals surface area contributed by atoms with Crippen LogP contribution in [0.15, 0.2) is 59.7 Å². The van der Waals surface area contributed by atoms with E-state index in [2.05, 4.69) is 47.4 Å². The molecule has 0 radical (unpaired) electrons. The van der Waals surface area contributed by atoms with Crippen molar-refractivity contribution in [1.29, 1.82) is 0 Å². The van der Waals surface area contributed by atoms with Crippen LogP contribution >= 0.6 is 11.8 Å². The quantitative estimate of drug-likeness (QED) is 0.682. The van der Waals surface area contributed by atoms with Crippen molar-refractivity contribution in [2.45, 2.75) is 38.1 Å². The Morgan fingerprint density at radius 1 is 1.10 bits per heavy atom. The lowest BCUT2D eigenvalue weighted by atomic mass is 9.96. The summed E-state index contributed by atoms with van der Waals surface area (Å²) in [6.07, 6.45) is 1.85. The van der Waals surface area contributed by atoms with Crippen molar-refractivity contribution < 1.29 is 5.11 Å². The molecule has 5 nitrogen and oxygen atoms in total. The molecule has 0 unspecified atom stereocenters. The summed E-state index contributed by atoms with van der Waals surface area (Å²) in [5.41, 5.74) is 5.75. The minimum atomic E-state index is -0.0000298. The lowest BCUT2D eigenvalue weighted by Crippen LogP contribution is -2.28. The van der Waals surface area contributed by atoms with Gasteiger partial charge in [0.25, 0.3) is 0 Å². The number of aliphatic imine (C=N–C) groups is 1. The predicted octanol–water partition coefficient (Wildman–Crippen LogP) is 4.78. The summed E-state index contributed by atoms with van der Waals surface area (Å²) in [4.78, 5) is 12.2. The molecule has 0 bridgehead atoms. The average Bonchev–Trinajstić information content (AvgIpc) is 3.33. The monoisotopic (exact) mass is 404 g/mol. The van der Waals surface area contributed by atoms with Crippen LogP contribution in [0.1, 0.15) is 41.7 Å². The van der Waals surface area contributed by atoms with E-state index in [0.29, 0.717) is 5.25 Å². The summed E-state index contributed by atoms with van der Waals surface area (Å²) < 4.78 is 2.26. The lowest BCUT2D eigenvalue weighted by molar-refractivity contribution is 0.320. The molecule has 1 saturated heterocycles. The fourth-order valence-electron chi connectivity index (χ4n) is 4.54. The van der Waals surface area contributed by atoms with Gasteiger partial charge in [-0.1, -0.05) is 24.8 Å². The van der Waals surface area contributed by atoms with Crippen LogP contribution in [0.5, 0.6) is 5.75 Å². The van der Waals surface area contributed by atoms with Crippen molar-refractivity contribution in [2.24, 2.45) is 4.99 Å².